The molecule has 2 aromatic heterocycles. The van der Waals surface area contributed by atoms with Crippen LogP contribution < -0.4 is 4.90 Å². The van der Waals surface area contributed by atoms with Crippen LogP contribution in [-0.4, -0.2) is 46.0 Å². The van der Waals surface area contributed by atoms with Crippen molar-refractivity contribution in [2.45, 2.75) is 32.5 Å². The summed E-state index contributed by atoms with van der Waals surface area (Å²) < 4.78 is 53.9. The number of hydrogen-bond donors (Lipinski definition) is 0. The van der Waals surface area contributed by atoms with Gasteiger partial charge in [0.2, 0.25) is 0 Å². The Balaban J connectivity index is 1.68. The van der Waals surface area contributed by atoms with Crippen LogP contribution in [0.1, 0.15) is 36.7 Å². The second kappa shape index (κ2) is 7.75. The van der Waals surface area contributed by atoms with Crippen LogP contribution in [0, 0.1) is 5.82 Å². The molecule has 5 nitrogen and oxygen atoms in total. The standard InChI is InChI=1S/C18H21F4N5/c1-12(2)15-14(19)17(25-11-24-15)27-8-6-26(7-9-27)10-13-4-3-5-23-16(13)18(20,21)22/h3-5,11-12H,6-10H2,1-2H3. The molecule has 3 heterocycles. The highest BCUT2D eigenvalue weighted by molar-refractivity contribution is 5.42. The maximum Gasteiger partial charge on any atom is 0.433 e. The Hall–Kier alpha value is -2.29. The van der Waals surface area contributed by atoms with Gasteiger partial charge in [-0.25, -0.2) is 14.4 Å². The molecule has 146 valence electrons. The fourth-order valence-corrected chi connectivity index (χ4v) is 3.18. The van der Waals surface area contributed by atoms with E-state index in [-0.39, 0.29) is 23.8 Å². The molecular weight excluding hydrogens is 362 g/mol. The fourth-order valence-electron chi connectivity index (χ4n) is 3.18. The summed E-state index contributed by atoms with van der Waals surface area (Å²) in [6.07, 6.45) is -1.98. The van der Waals surface area contributed by atoms with Crippen LogP contribution in [0.25, 0.3) is 0 Å². The van der Waals surface area contributed by atoms with Crippen molar-refractivity contribution in [1.29, 1.82) is 0 Å². The van der Waals surface area contributed by atoms with Crippen molar-refractivity contribution in [3.63, 3.8) is 0 Å². The Kier molecular flexibility index (Phi) is 5.59. The minimum atomic E-state index is -4.48. The molecule has 0 unspecified atom stereocenters. The lowest BCUT2D eigenvalue weighted by molar-refractivity contribution is -0.142. The summed E-state index contributed by atoms with van der Waals surface area (Å²) in [7, 11) is 0. The third kappa shape index (κ3) is 4.35. The van der Waals surface area contributed by atoms with Gasteiger partial charge in [0.25, 0.3) is 0 Å². The van der Waals surface area contributed by atoms with Gasteiger partial charge < -0.3 is 4.90 Å². The third-order valence-corrected chi connectivity index (χ3v) is 4.57. The van der Waals surface area contributed by atoms with E-state index in [2.05, 4.69) is 15.0 Å². The largest absolute Gasteiger partial charge is 0.433 e. The van der Waals surface area contributed by atoms with E-state index >= 15 is 0 Å². The lowest BCUT2D eigenvalue weighted by atomic mass is 10.1. The molecule has 0 radical (unpaired) electrons. The van der Waals surface area contributed by atoms with E-state index in [4.69, 9.17) is 0 Å². The number of hydrogen-bond acceptors (Lipinski definition) is 5. The summed E-state index contributed by atoms with van der Waals surface area (Å²) in [5.41, 5.74) is -0.336. The molecule has 9 heteroatoms. The zero-order valence-electron chi connectivity index (χ0n) is 15.2. The first kappa shape index (κ1) is 19.5. The van der Waals surface area contributed by atoms with Gasteiger partial charge in [-0.15, -0.1) is 0 Å². The highest BCUT2D eigenvalue weighted by atomic mass is 19.4. The molecule has 0 atom stereocenters. The van der Waals surface area contributed by atoms with E-state index in [0.717, 1.165) is 6.20 Å². The molecule has 1 aliphatic rings. The number of nitrogens with zero attached hydrogens (tertiary/aromatic N) is 5. The molecule has 0 spiro atoms. The van der Waals surface area contributed by atoms with E-state index in [1.54, 1.807) is 0 Å². The smallest absolute Gasteiger partial charge is 0.352 e. The number of pyridine rings is 1. The van der Waals surface area contributed by atoms with Gasteiger partial charge >= 0.3 is 6.18 Å². The normalized spacial score (nSPS) is 16.2. The van der Waals surface area contributed by atoms with Crippen LogP contribution in [0.2, 0.25) is 0 Å². The Morgan fingerprint density at radius 2 is 1.78 bits per heavy atom. The fraction of sp³-hybridized carbons (Fsp3) is 0.500. The molecule has 1 fully saturated rings. The minimum absolute atomic E-state index is 0.0561. The zero-order valence-corrected chi connectivity index (χ0v) is 15.2. The second-order valence-corrected chi connectivity index (χ2v) is 6.82. The van der Waals surface area contributed by atoms with Crippen molar-refractivity contribution in [1.82, 2.24) is 19.9 Å². The maximum absolute atomic E-state index is 14.6. The van der Waals surface area contributed by atoms with Crippen molar-refractivity contribution in [3.8, 4) is 0 Å². The molecule has 2 aromatic rings. The first-order valence-electron chi connectivity index (χ1n) is 8.76. The molecular formula is C18H21F4N5. The molecule has 0 bridgehead atoms. The lowest BCUT2D eigenvalue weighted by Crippen LogP contribution is -2.46. The van der Waals surface area contributed by atoms with E-state index < -0.39 is 17.7 Å². The summed E-state index contributed by atoms with van der Waals surface area (Å²) >= 11 is 0. The Morgan fingerprint density at radius 3 is 2.41 bits per heavy atom. The van der Waals surface area contributed by atoms with Gasteiger partial charge in [0.05, 0.1) is 5.69 Å². The van der Waals surface area contributed by atoms with Crippen molar-refractivity contribution >= 4 is 5.82 Å². The zero-order chi connectivity index (χ0) is 19.6. The van der Waals surface area contributed by atoms with Crippen LogP contribution in [-0.2, 0) is 12.7 Å². The molecule has 3 rings (SSSR count). The van der Waals surface area contributed by atoms with Crippen molar-refractivity contribution in [3.05, 3.63) is 47.4 Å². The van der Waals surface area contributed by atoms with Crippen LogP contribution in [0.4, 0.5) is 23.4 Å². The van der Waals surface area contributed by atoms with E-state index in [0.29, 0.717) is 31.9 Å². The number of alkyl halides is 3. The predicted molar refractivity (Wildman–Crippen MR) is 92.8 cm³/mol. The van der Waals surface area contributed by atoms with Gasteiger partial charge in [0.15, 0.2) is 11.6 Å². The topological polar surface area (TPSA) is 45.2 Å². The van der Waals surface area contributed by atoms with E-state index in [1.165, 1.54) is 18.5 Å². The monoisotopic (exact) mass is 383 g/mol. The minimum Gasteiger partial charge on any atom is -0.352 e. The van der Waals surface area contributed by atoms with Gasteiger partial charge in [-0.05, 0) is 17.5 Å². The first-order chi connectivity index (χ1) is 12.8. The van der Waals surface area contributed by atoms with Crippen molar-refractivity contribution in [2.24, 2.45) is 0 Å². The SMILES string of the molecule is CC(C)c1ncnc(N2CCN(Cc3cccnc3C(F)(F)F)CC2)c1F. The predicted octanol–water partition coefficient (Wildman–Crippen LogP) is 3.48. The first-order valence-corrected chi connectivity index (χ1v) is 8.76. The van der Waals surface area contributed by atoms with Crippen LogP contribution in [0.3, 0.4) is 0 Å². The molecule has 0 saturated carbocycles. The molecule has 0 N–H and O–H groups in total. The van der Waals surface area contributed by atoms with Gasteiger partial charge in [-0.1, -0.05) is 19.9 Å². The summed E-state index contributed by atoms with van der Waals surface area (Å²) in [5.74, 6) is -0.224. The van der Waals surface area contributed by atoms with E-state index in [1.807, 2.05) is 23.6 Å². The Bertz CT molecular complexity index is 786. The summed E-state index contributed by atoms with van der Waals surface area (Å²) in [6, 6.07) is 2.95. The summed E-state index contributed by atoms with van der Waals surface area (Å²) in [5, 5.41) is 0. The molecule has 0 aromatic carbocycles. The third-order valence-electron chi connectivity index (χ3n) is 4.57. The summed E-state index contributed by atoms with van der Waals surface area (Å²) in [4.78, 5) is 15.3. The highest BCUT2D eigenvalue weighted by Crippen LogP contribution is 2.31. The van der Waals surface area contributed by atoms with Gasteiger partial charge in [0.1, 0.15) is 12.0 Å². The lowest BCUT2D eigenvalue weighted by Gasteiger charge is -2.35. The number of piperazine rings is 1. The highest BCUT2D eigenvalue weighted by Gasteiger charge is 2.35. The van der Waals surface area contributed by atoms with Crippen LogP contribution >= 0.6 is 0 Å². The molecule has 0 amide bonds. The molecule has 1 aliphatic heterocycles. The maximum atomic E-state index is 14.6. The number of halogens is 4. The van der Waals surface area contributed by atoms with Gasteiger partial charge in [0, 0.05) is 38.9 Å². The number of anilines is 1. The van der Waals surface area contributed by atoms with Crippen molar-refractivity contribution < 1.29 is 17.6 Å². The average molecular weight is 383 g/mol. The quantitative estimate of drug-likeness (QED) is 0.757. The molecule has 0 aliphatic carbocycles. The van der Waals surface area contributed by atoms with E-state index in [9.17, 15) is 17.6 Å². The number of aromatic nitrogens is 3. The molecule has 1 saturated heterocycles. The van der Waals surface area contributed by atoms with Gasteiger partial charge in [-0.3, -0.25) is 9.88 Å². The van der Waals surface area contributed by atoms with Crippen molar-refractivity contribution in [2.75, 3.05) is 31.1 Å². The Morgan fingerprint density at radius 1 is 1.07 bits per heavy atom. The Labute approximate surface area is 155 Å². The molecule has 27 heavy (non-hydrogen) atoms. The second-order valence-electron chi connectivity index (χ2n) is 6.82. The van der Waals surface area contributed by atoms with Crippen LogP contribution in [0.5, 0.6) is 0 Å². The number of rotatable bonds is 4. The summed E-state index contributed by atoms with van der Waals surface area (Å²) in [6.45, 7) is 5.85. The average Bonchev–Trinajstić information content (AvgIpc) is 2.62. The van der Waals surface area contributed by atoms with Gasteiger partial charge in [-0.2, -0.15) is 13.2 Å². The van der Waals surface area contributed by atoms with Crippen LogP contribution in [0.15, 0.2) is 24.7 Å².